The average Bonchev–Trinajstić information content (AvgIpc) is 3.12. The lowest BCUT2D eigenvalue weighted by molar-refractivity contribution is -0.116. The monoisotopic (exact) mass is 381 g/mol. The van der Waals surface area contributed by atoms with Gasteiger partial charge in [0, 0.05) is 12.1 Å². The van der Waals surface area contributed by atoms with E-state index in [1.807, 2.05) is 25.5 Å². The molecule has 1 aromatic carbocycles. The van der Waals surface area contributed by atoms with Crippen LogP contribution < -0.4 is 5.32 Å². The Morgan fingerprint density at radius 1 is 1.30 bits per heavy atom. The number of aryl methyl sites for hydroxylation is 4. The third-order valence-electron chi connectivity index (χ3n) is 4.65. The lowest BCUT2D eigenvalue weighted by atomic mass is 10.1. The number of anilines is 1. The molecule has 0 unspecified atom stereocenters. The smallest absolute Gasteiger partial charge is 0.226 e. The number of nitrogens with zero attached hydrogens (tertiary/aromatic N) is 4. The number of benzene rings is 1. The van der Waals surface area contributed by atoms with E-state index >= 15 is 0 Å². The van der Waals surface area contributed by atoms with Crippen LogP contribution in [0.25, 0.3) is 10.2 Å². The first-order chi connectivity index (χ1) is 12.9. The zero-order valence-corrected chi connectivity index (χ0v) is 16.9. The molecule has 0 fully saturated rings. The van der Waals surface area contributed by atoms with Crippen LogP contribution in [0.15, 0.2) is 12.1 Å². The second kappa shape index (κ2) is 7.89. The van der Waals surface area contributed by atoms with E-state index in [4.69, 9.17) is 5.26 Å². The van der Waals surface area contributed by atoms with Gasteiger partial charge >= 0.3 is 0 Å². The van der Waals surface area contributed by atoms with Crippen LogP contribution in [0.3, 0.4) is 0 Å². The van der Waals surface area contributed by atoms with E-state index in [0.29, 0.717) is 30.9 Å². The summed E-state index contributed by atoms with van der Waals surface area (Å²) < 4.78 is 2.94. The molecule has 1 amide bonds. The maximum atomic E-state index is 12.4. The van der Waals surface area contributed by atoms with Crippen molar-refractivity contribution in [3.8, 4) is 6.07 Å². The van der Waals surface area contributed by atoms with E-state index in [0.717, 1.165) is 32.7 Å². The average molecular weight is 382 g/mol. The Kier molecular flexibility index (Phi) is 5.57. The summed E-state index contributed by atoms with van der Waals surface area (Å²) in [5.41, 5.74) is 6.30. The minimum Gasteiger partial charge on any atom is -0.302 e. The summed E-state index contributed by atoms with van der Waals surface area (Å²) in [5.74, 6) is -0.0491. The number of rotatable bonds is 6. The number of nitrogens with one attached hydrogen (secondary N) is 1. The zero-order chi connectivity index (χ0) is 19.6. The number of amides is 1. The van der Waals surface area contributed by atoms with Gasteiger partial charge in [-0.3, -0.25) is 9.48 Å². The molecule has 0 aliphatic heterocycles. The number of carbonyl (C=O) groups is 1. The van der Waals surface area contributed by atoms with Crippen molar-refractivity contribution < 1.29 is 4.79 Å². The van der Waals surface area contributed by atoms with Crippen LogP contribution in [0, 0.1) is 39.0 Å². The Bertz CT molecular complexity index is 1040. The highest BCUT2D eigenvalue weighted by atomic mass is 32.1. The summed E-state index contributed by atoms with van der Waals surface area (Å²) in [6.45, 7) is 8.62. The van der Waals surface area contributed by atoms with Gasteiger partial charge in [0.05, 0.1) is 34.9 Å². The number of hydrogen-bond acceptors (Lipinski definition) is 5. The van der Waals surface area contributed by atoms with Crippen molar-refractivity contribution in [1.82, 2.24) is 14.8 Å². The van der Waals surface area contributed by atoms with Gasteiger partial charge in [-0.2, -0.15) is 10.4 Å². The minimum absolute atomic E-state index is 0.0491. The molecule has 3 rings (SSSR count). The molecule has 0 radical (unpaired) electrons. The van der Waals surface area contributed by atoms with E-state index in [2.05, 4.69) is 40.5 Å². The minimum atomic E-state index is -0.0491. The van der Waals surface area contributed by atoms with Crippen LogP contribution in [0.4, 0.5) is 5.13 Å². The van der Waals surface area contributed by atoms with Crippen LogP contribution in [0.1, 0.15) is 40.9 Å². The number of hydrogen-bond donors (Lipinski definition) is 1. The number of carbonyl (C=O) groups excluding carboxylic acids is 1. The van der Waals surface area contributed by atoms with Crippen molar-refractivity contribution in [3.63, 3.8) is 0 Å². The number of thiazole rings is 1. The molecule has 0 saturated heterocycles. The SMILES string of the molecule is Cc1cc(C)c2nc(NC(=O)CCc3c(C)nn(CCC#N)c3C)sc2c1. The standard InChI is InChI=1S/C20H23N5OS/c1-12-10-13(2)19-17(11-12)27-20(23-19)22-18(26)7-6-16-14(3)24-25(15(16)4)9-5-8-21/h10-11H,5-7,9H2,1-4H3,(H,22,23,26). The molecule has 2 heterocycles. The molecule has 0 atom stereocenters. The van der Waals surface area contributed by atoms with Gasteiger partial charge in [-0.15, -0.1) is 0 Å². The Hall–Kier alpha value is -2.72. The molecule has 0 aliphatic rings. The Labute approximate surface area is 162 Å². The predicted octanol–water partition coefficient (Wildman–Crippen LogP) is 4.21. The van der Waals surface area contributed by atoms with Gasteiger partial charge in [0.1, 0.15) is 0 Å². The number of nitriles is 1. The van der Waals surface area contributed by atoms with Gasteiger partial charge in [-0.1, -0.05) is 17.4 Å². The van der Waals surface area contributed by atoms with Gasteiger partial charge in [0.2, 0.25) is 5.91 Å². The molecule has 2 aromatic heterocycles. The predicted molar refractivity (Wildman–Crippen MR) is 108 cm³/mol. The number of fused-ring (bicyclic) bond motifs is 1. The topological polar surface area (TPSA) is 83.6 Å². The molecule has 0 bridgehead atoms. The first kappa shape index (κ1) is 19.1. The zero-order valence-electron chi connectivity index (χ0n) is 16.1. The summed E-state index contributed by atoms with van der Waals surface area (Å²) in [6, 6.07) is 6.33. The lowest BCUT2D eigenvalue weighted by Crippen LogP contribution is -2.12. The lowest BCUT2D eigenvalue weighted by Gasteiger charge is -2.04. The fraction of sp³-hybridized carbons (Fsp3) is 0.400. The van der Waals surface area contributed by atoms with E-state index < -0.39 is 0 Å². The number of aromatic nitrogens is 3. The first-order valence-corrected chi connectivity index (χ1v) is 9.78. The van der Waals surface area contributed by atoms with Gasteiger partial charge in [0.25, 0.3) is 0 Å². The third-order valence-corrected chi connectivity index (χ3v) is 5.56. The molecule has 0 spiro atoms. The third kappa shape index (κ3) is 4.17. The van der Waals surface area contributed by atoms with Crippen LogP contribution in [-0.2, 0) is 17.8 Å². The van der Waals surface area contributed by atoms with Crippen LogP contribution in [0.2, 0.25) is 0 Å². The second-order valence-electron chi connectivity index (χ2n) is 6.78. The van der Waals surface area contributed by atoms with Crippen LogP contribution in [-0.4, -0.2) is 20.7 Å². The van der Waals surface area contributed by atoms with Crippen molar-refractivity contribution in [1.29, 1.82) is 5.26 Å². The van der Waals surface area contributed by atoms with Crippen LogP contribution in [0.5, 0.6) is 0 Å². The molecule has 140 valence electrons. The summed E-state index contributed by atoms with van der Waals surface area (Å²) in [4.78, 5) is 17.0. The van der Waals surface area contributed by atoms with E-state index in [1.54, 1.807) is 0 Å². The van der Waals surface area contributed by atoms with Gasteiger partial charge in [-0.25, -0.2) is 4.98 Å². The maximum absolute atomic E-state index is 12.4. The van der Waals surface area contributed by atoms with E-state index in [1.165, 1.54) is 16.9 Å². The molecular formula is C20H23N5OS. The molecule has 6 nitrogen and oxygen atoms in total. The molecule has 7 heteroatoms. The van der Waals surface area contributed by atoms with Crippen LogP contribution >= 0.6 is 11.3 Å². The fourth-order valence-corrected chi connectivity index (χ4v) is 4.37. The van der Waals surface area contributed by atoms with Crippen molar-refractivity contribution in [2.75, 3.05) is 5.32 Å². The largest absolute Gasteiger partial charge is 0.302 e. The second-order valence-corrected chi connectivity index (χ2v) is 7.81. The van der Waals surface area contributed by atoms with Crippen molar-refractivity contribution in [3.05, 3.63) is 40.2 Å². The maximum Gasteiger partial charge on any atom is 0.226 e. The molecule has 3 aromatic rings. The Morgan fingerprint density at radius 2 is 2.07 bits per heavy atom. The highest BCUT2D eigenvalue weighted by Gasteiger charge is 2.14. The Morgan fingerprint density at radius 3 is 2.81 bits per heavy atom. The van der Waals surface area contributed by atoms with Gasteiger partial charge in [-0.05, 0) is 56.9 Å². The van der Waals surface area contributed by atoms with Gasteiger partial charge in [0.15, 0.2) is 5.13 Å². The van der Waals surface area contributed by atoms with E-state index in [-0.39, 0.29) is 5.91 Å². The summed E-state index contributed by atoms with van der Waals surface area (Å²) in [5, 5.41) is 16.8. The van der Waals surface area contributed by atoms with Crippen molar-refractivity contribution in [2.24, 2.45) is 0 Å². The van der Waals surface area contributed by atoms with E-state index in [9.17, 15) is 4.79 Å². The summed E-state index contributed by atoms with van der Waals surface area (Å²) in [7, 11) is 0. The van der Waals surface area contributed by atoms with Crippen molar-refractivity contribution >= 4 is 32.6 Å². The summed E-state index contributed by atoms with van der Waals surface area (Å²) in [6.07, 6.45) is 1.43. The summed E-state index contributed by atoms with van der Waals surface area (Å²) >= 11 is 1.50. The molecule has 0 saturated carbocycles. The fourth-order valence-electron chi connectivity index (χ4n) is 3.31. The van der Waals surface area contributed by atoms with Gasteiger partial charge < -0.3 is 5.32 Å². The molecule has 27 heavy (non-hydrogen) atoms. The first-order valence-electron chi connectivity index (χ1n) is 8.96. The van der Waals surface area contributed by atoms with Crippen molar-refractivity contribution in [2.45, 2.75) is 53.5 Å². The highest BCUT2D eigenvalue weighted by Crippen LogP contribution is 2.29. The Balaban J connectivity index is 1.66. The normalized spacial score (nSPS) is 10.9. The quantitative estimate of drug-likeness (QED) is 0.693. The molecule has 0 aliphatic carbocycles. The highest BCUT2D eigenvalue weighted by molar-refractivity contribution is 7.22. The molecular weight excluding hydrogens is 358 g/mol. The molecule has 1 N–H and O–H groups in total.